The van der Waals surface area contributed by atoms with E-state index in [9.17, 15) is 19.8 Å². The zero-order valence-electron chi connectivity index (χ0n) is 63.8. The summed E-state index contributed by atoms with van der Waals surface area (Å²) in [4.78, 5) is 66.9. The second-order valence-corrected chi connectivity index (χ2v) is 29.6. The third-order valence-corrected chi connectivity index (χ3v) is 19.9. The monoisotopic (exact) mass is 1570 g/mol. The number of anilines is 6. The Morgan fingerprint density at radius 3 is 1.55 bits per heavy atom. The zero-order valence-corrected chi connectivity index (χ0v) is 65.4. The van der Waals surface area contributed by atoms with Crippen LogP contribution in [0.4, 0.5) is 34.9 Å². The minimum atomic E-state index is -0.960. The Morgan fingerprint density at radius 2 is 1.07 bits per heavy atom. The van der Waals surface area contributed by atoms with Gasteiger partial charge in [0.25, 0.3) is 11.8 Å². The fraction of sp³-hybridized carbons (Fsp3) is 0.338. The van der Waals surface area contributed by atoms with Crippen LogP contribution in [0.15, 0.2) is 127 Å². The highest BCUT2D eigenvalue weighted by atomic mass is 35.5. The summed E-state index contributed by atoms with van der Waals surface area (Å²) in [7, 11) is 6.57. The molecule has 11 N–H and O–H groups in total. The first-order chi connectivity index (χ1) is 54.4. The van der Waals surface area contributed by atoms with Crippen LogP contribution in [0.2, 0.25) is 10.3 Å². The van der Waals surface area contributed by atoms with E-state index in [-0.39, 0.29) is 55.7 Å². The summed E-state index contributed by atoms with van der Waals surface area (Å²) in [5.74, 6) is 3.04. The van der Waals surface area contributed by atoms with Crippen LogP contribution in [0.25, 0.3) is 83.3 Å². The third-order valence-electron chi connectivity index (χ3n) is 19.1. The minimum Gasteiger partial charge on any atom is -0.495 e. The van der Waals surface area contributed by atoms with Crippen LogP contribution in [0.1, 0.15) is 105 Å². The van der Waals surface area contributed by atoms with Crippen LogP contribution in [-0.2, 0) is 22.6 Å². The lowest BCUT2D eigenvalue weighted by molar-refractivity contribution is -0.00346. The van der Waals surface area contributed by atoms with Gasteiger partial charge in [0.05, 0.1) is 103 Å². The van der Waals surface area contributed by atoms with Crippen molar-refractivity contribution in [3.63, 3.8) is 0 Å². The summed E-state index contributed by atoms with van der Waals surface area (Å²) in [6, 6.07) is 26.4. The number of aryl methyl sites for hydroxylation is 1. The van der Waals surface area contributed by atoms with Gasteiger partial charge in [0.2, 0.25) is 35.5 Å². The number of benzene rings is 4. The molecule has 16 rings (SSSR count). The van der Waals surface area contributed by atoms with E-state index in [0.717, 1.165) is 111 Å². The van der Waals surface area contributed by atoms with Gasteiger partial charge >= 0.3 is 0 Å². The molecule has 2 amide bonds. The average molecular weight is 1580 g/mol. The van der Waals surface area contributed by atoms with Crippen LogP contribution in [0, 0.1) is 6.92 Å². The Bertz CT molecular complexity index is 5590. The standard InChI is InChI=1S/C28H30N6O6.C26H28ClN7O3.C26H30ClN7O2/c1-29-25(35)17-6-4-16(5-7-17)20-13-30-24-23(20)27(40-11-10-37-2)34-28(33-24)32-21-9-8-18(12-22(21)38-3)26(36)31-19-14-39-15-19;1-14-30-18-9-8-15(10-20(18)36-14)17-11-28-23-21(17)24(37-16-6-4-5-7-16)33-25(32-23)31-19-12-29-34(22(19)27)13-26(2,3)35;1-15(28-4)16-8-10-17(11-9-16)19-12-29-23-21(19)24(36-18-6-5-7-18)33-25(32-23)31-20-13-30-34(22(20)27)14-26(2,3)35/h4-9,12-13,19H,10-11,14-15H2,1-3H3,(H,29,35)(H,31,36)(H2,30,32,33,34);8-12,16,35H,4-7,13H2,1-3H3,(H2,28,31,32,33);8-13,18,28,35H,1,5-7,14H2,2-4H3,(H2,29,31,32,33). The smallest absolute Gasteiger partial charge is 0.251 e. The lowest BCUT2D eigenvalue weighted by atomic mass is 9.96. The van der Waals surface area contributed by atoms with E-state index in [0.29, 0.717) is 122 Å². The number of ether oxygens (including phenoxy) is 6. The van der Waals surface area contributed by atoms with Gasteiger partial charge < -0.3 is 89.9 Å². The number of nitrogens with zero attached hydrogens (tertiary/aromatic N) is 11. The van der Waals surface area contributed by atoms with Crippen molar-refractivity contribution in [3.05, 3.63) is 155 Å². The van der Waals surface area contributed by atoms with Crippen molar-refractivity contribution in [3.8, 4) is 56.8 Å². The van der Waals surface area contributed by atoms with Crippen molar-refractivity contribution < 1.29 is 52.6 Å². The topological polar surface area (TPSA) is 389 Å². The first-order valence-electron chi connectivity index (χ1n) is 37.0. The number of oxazole rings is 1. The number of hydrogen-bond acceptors (Lipinski definition) is 24. The summed E-state index contributed by atoms with van der Waals surface area (Å²) in [5.41, 5.74) is 11.6. The Balaban J connectivity index is 0.000000141. The second kappa shape index (κ2) is 33.6. The Kier molecular flexibility index (Phi) is 23.1. The summed E-state index contributed by atoms with van der Waals surface area (Å²) >= 11 is 13.0. The van der Waals surface area contributed by atoms with Gasteiger partial charge in [0, 0.05) is 80.2 Å². The molecule has 1 aliphatic heterocycles. The van der Waals surface area contributed by atoms with Crippen LogP contribution in [0.5, 0.6) is 23.4 Å². The maximum absolute atomic E-state index is 12.6. The number of nitrogens with one attached hydrogen (secondary N) is 9. The molecule has 2 aliphatic carbocycles. The predicted molar refractivity (Wildman–Crippen MR) is 432 cm³/mol. The number of carbonyl (C=O) groups excluding carboxylic acids is 2. The number of rotatable bonds is 27. The Labute approximate surface area is 659 Å². The highest BCUT2D eigenvalue weighted by Gasteiger charge is 2.29. The molecule has 31 nitrogen and oxygen atoms in total. The Hall–Kier alpha value is -11.9. The number of halogens is 2. The molecule has 9 aromatic heterocycles. The number of aromatic nitrogens is 14. The maximum atomic E-state index is 12.6. The molecule has 13 aromatic rings. The highest BCUT2D eigenvalue weighted by Crippen LogP contribution is 2.42. The Morgan fingerprint density at radius 1 is 0.584 bits per heavy atom. The van der Waals surface area contributed by atoms with Gasteiger partial charge in [-0.25, -0.2) is 14.3 Å². The maximum Gasteiger partial charge on any atom is 0.251 e. The molecule has 33 heteroatoms. The molecule has 0 radical (unpaired) electrons. The van der Waals surface area contributed by atoms with E-state index < -0.39 is 11.2 Å². The number of H-pyrrole nitrogens is 3. The molecular formula is C80H88Cl2N20O11. The number of aromatic amines is 3. The minimum absolute atomic E-state index is 0.0208. The molecule has 4 aromatic carbocycles. The van der Waals surface area contributed by atoms with Crippen molar-refractivity contribution in [2.24, 2.45) is 0 Å². The highest BCUT2D eigenvalue weighted by molar-refractivity contribution is 6.32. The van der Waals surface area contributed by atoms with E-state index in [1.165, 1.54) is 16.5 Å². The molecule has 0 unspecified atom stereocenters. The summed E-state index contributed by atoms with van der Waals surface area (Å²) in [6.45, 7) is 14.8. The quantitative estimate of drug-likeness (QED) is 0.0213. The molecule has 3 aliphatic rings. The third kappa shape index (κ3) is 18.0. The van der Waals surface area contributed by atoms with E-state index in [1.54, 1.807) is 84.6 Å². The summed E-state index contributed by atoms with van der Waals surface area (Å²) in [5, 5.41) is 50.0. The summed E-state index contributed by atoms with van der Waals surface area (Å²) in [6.07, 6.45) is 16.5. The molecule has 588 valence electrons. The molecular weight excluding hydrogens is 1490 g/mol. The van der Waals surface area contributed by atoms with Crippen molar-refractivity contribution in [1.82, 2.24) is 85.4 Å². The van der Waals surface area contributed by atoms with E-state index in [4.69, 9.17) is 71.0 Å². The molecule has 3 fully saturated rings. The van der Waals surface area contributed by atoms with Crippen LogP contribution >= 0.6 is 23.2 Å². The SMILES string of the molecule is C=C(NC)c1ccc(-c2c[nH]c3nc(Nc4cnn(CC(C)(C)O)c4Cl)nc(OC4CCC4)c23)cc1.CNC(=O)c1ccc(-c2c[nH]c3nc(Nc4ccc(C(=O)NC5COC5)cc4OC)nc(OCCOC)c23)cc1.Cc1nc2ccc(-c3c[nH]c4nc(Nc5cnn(CC(C)(C)O)c5Cl)nc(OC5CCCC5)c34)cc2o1. The van der Waals surface area contributed by atoms with Gasteiger partial charge in [-0.3, -0.25) is 9.59 Å². The average Bonchev–Trinajstić information content (AvgIpc) is 1.65. The first-order valence-corrected chi connectivity index (χ1v) is 37.8. The number of hydrogen-bond donors (Lipinski definition) is 11. The van der Waals surface area contributed by atoms with Crippen molar-refractivity contribution in [1.29, 1.82) is 0 Å². The normalized spacial score (nSPS) is 13.9. The van der Waals surface area contributed by atoms with Gasteiger partial charge in [-0.2, -0.15) is 40.1 Å². The van der Waals surface area contributed by atoms with Gasteiger partial charge in [0.1, 0.15) is 47.0 Å². The second-order valence-electron chi connectivity index (χ2n) is 28.9. The molecule has 0 spiro atoms. The number of methoxy groups -OCH3 is 2. The van der Waals surface area contributed by atoms with Gasteiger partial charge in [-0.15, -0.1) is 0 Å². The molecule has 2 saturated carbocycles. The van der Waals surface area contributed by atoms with Crippen LogP contribution in [-0.4, -0.2) is 176 Å². The van der Waals surface area contributed by atoms with E-state index in [1.807, 2.05) is 75.0 Å². The number of fused-ring (bicyclic) bond motifs is 4. The van der Waals surface area contributed by atoms with E-state index in [2.05, 4.69) is 95.7 Å². The fourth-order valence-electron chi connectivity index (χ4n) is 13.1. The number of amides is 2. The van der Waals surface area contributed by atoms with Gasteiger partial charge in [0.15, 0.2) is 21.8 Å². The molecule has 1 saturated heterocycles. The molecule has 10 heterocycles. The van der Waals surface area contributed by atoms with Crippen molar-refractivity contribution in [2.75, 3.05) is 70.7 Å². The van der Waals surface area contributed by atoms with Crippen molar-refractivity contribution >= 4 is 120 Å². The number of aliphatic hydroxyl groups is 2. The largest absolute Gasteiger partial charge is 0.495 e. The van der Waals surface area contributed by atoms with Crippen LogP contribution < -0.4 is 50.8 Å². The summed E-state index contributed by atoms with van der Waals surface area (Å²) < 4.78 is 43.4. The first kappa shape index (κ1) is 77.8. The fourth-order valence-corrected chi connectivity index (χ4v) is 13.5. The number of carbonyl (C=O) groups is 2. The van der Waals surface area contributed by atoms with Gasteiger partial charge in [-0.1, -0.05) is 72.2 Å². The zero-order chi connectivity index (χ0) is 79.2. The molecule has 0 bridgehead atoms. The van der Waals surface area contributed by atoms with Crippen molar-refractivity contribution in [2.45, 2.75) is 122 Å². The lowest BCUT2D eigenvalue weighted by Gasteiger charge is -2.26. The lowest BCUT2D eigenvalue weighted by Crippen LogP contribution is -2.48. The molecule has 113 heavy (non-hydrogen) atoms. The predicted octanol–water partition coefficient (Wildman–Crippen LogP) is 13.8. The van der Waals surface area contributed by atoms with Crippen LogP contribution in [0.3, 0.4) is 0 Å². The van der Waals surface area contributed by atoms with E-state index >= 15 is 0 Å². The molecule has 0 atom stereocenters. The van der Waals surface area contributed by atoms with Gasteiger partial charge in [-0.05, 0) is 137 Å².